The van der Waals surface area contributed by atoms with Crippen LogP contribution in [0.5, 0.6) is 17.2 Å². The van der Waals surface area contributed by atoms with Crippen molar-refractivity contribution in [3.63, 3.8) is 0 Å². The molecule has 0 aliphatic heterocycles. The van der Waals surface area contributed by atoms with E-state index < -0.39 is 19.2 Å². The maximum absolute atomic E-state index is 12.2. The summed E-state index contributed by atoms with van der Waals surface area (Å²) in [7, 11) is -2.04. The highest BCUT2D eigenvalue weighted by Crippen LogP contribution is 2.44. The van der Waals surface area contributed by atoms with Gasteiger partial charge >= 0.3 is 5.97 Å². The smallest absolute Gasteiger partial charge is 0.325 e. The summed E-state index contributed by atoms with van der Waals surface area (Å²) in [6.07, 6.45) is 0.00814. The van der Waals surface area contributed by atoms with Crippen LogP contribution in [-0.4, -0.2) is 42.2 Å². The van der Waals surface area contributed by atoms with E-state index in [0.29, 0.717) is 20.3 Å². The van der Waals surface area contributed by atoms with Crippen LogP contribution in [0.1, 0.15) is 15.9 Å². The maximum Gasteiger partial charge on any atom is 0.325 e. The Kier molecular flexibility index (Phi) is 7.87. The summed E-state index contributed by atoms with van der Waals surface area (Å²) in [6, 6.07) is 7.40. The molecular weight excluding hydrogens is 533 g/mol. The van der Waals surface area contributed by atoms with Crippen LogP contribution in [0.2, 0.25) is 0 Å². The number of halogens is 2. The van der Waals surface area contributed by atoms with Gasteiger partial charge in [0, 0.05) is 12.8 Å². The standard InChI is InChI=1S/C18H18Br2NO7P/c1-27-16(23)8-21-18(24)12-7-11(3-4-15(12)22)28-17-13(19)5-10(6-14(17)20)9-29(2,25)26/h3-7,22H,8-9H2,1-2H3,(H,21,24)(H,25,26). The van der Waals surface area contributed by atoms with Crippen molar-refractivity contribution >= 4 is 51.1 Å². The average molecular weight is 551 g/mol. The third-order valence-corrected chi connectivity index (χ3v) is 5.72. The summed E-state index contributed by atoms with van der Waals surface area (Å²) in [6.45, 7) is 0.938. The lowest BCUT2D eigenvalue weighted by Gasteiger charge is -2.14. The number of benzene rings is 2. The minimum absolute atomic E-state index is 0.00814. The second-order valence-corrected chi connectivity index (χ2v) is 10.3. The summed E-state index contributed by atoms with van der Waals surface area (Å²) < 4.78 is 23.0. The lowest BCUT2D eigenvalue weighted by Crippen LogP contribution is -2.30. The van der Waals surface area contributed by atoms with Crippen LogP contribution in [0.25, 0.3) is 0 Å². The van der Waals surface area contributed by atoms with E-state index in [2.05, 4.69) is 41.9 Å². The molecule has 1 unspecified atom stereocenters. The van der Waals surface area contributed by atoms with Gasteiger partial charge in [0.15, 0.2) is 5.75 Å². The number of hydrogen-bond acceptors (Lipinski definition) is 6. The van der Waals surface area contributed by atoms with Crippen molar-refractivity contribution in [1.82, 2.24) is 5.32 Å². The van der Waals surface area contributed by atoms with E-state index in [1.54, 1.807) is 12.1 Å². The monoisotopic (exact) mass is 549 g/mol. The molecule has 0 bridgehead atoms. The van der Waals surface area contributed by atoms with E-state index in [1.165, 1.54) is 32.0 Å². The highest BCUT2D eigenvalue weighted by Gasteiger charge is 2.18. The number of esters is 1. The Hall–Kier alpha value is -1.87. The van der Waals surface area contributed by atoms with E-state index >= 15 is 0 Å². The number of phenols is 1. The van der Waals surface area contributed by atoms with Gasteiger partial charge in [-0.15, -0.1) is 0 Å². The molecule has 1 atom stereocenters. The maximum atomic E-state index is 12.2. The number of aromatic hydroxyl groups is 1. The SMILES string of the molecule is COC(=O)CNC(=O)c1cc(Oc2c(Br)cc(CP(C)(=O)O)cc2Br)ccc1O. The highest BCUT2D eigenvalue weighted by atomic mass is 79.9. The van der Waals surface area contributed by atoms with Crippen LogP contribution in [-0.2, 0) is 20.3 Å². The van der Waals surface area contributed by atoms with Crippen LogP contribution < -0.4 is 10.1 Å². The quantitative estimate of drug-likeness (QED) is 0.351. The second-order valence-electron chi connectivity index (χ2n) is 6.14. The molecule has 0 radical (unpaired) electrons. The molecule has 0 aliphatic carbocycles. The summed E-state index contributed by atoms with van der Waals surface area (Å²) in [4.78, 5) is 32.9. The summed E-state index contributed by atoms with van der Waals surface area (Å²) in [5.74, 6) is -0.950. The van der Waals surface area contributed by atoms with Gasteiger partial charge in [-0.1, -0.05) is 0 Å². The molecule has 2 rings (SSSR count). The number of amides is 1. The fourth-order valence-corrected chi connectivity index (χ4v) is 4.64. The molecule has 3 N–H and O–H groups in total. The molecule has 2 aromatic carbocycles. The van der Waals surface area contributed by atoms with Crippen molar-refractivity contribution in [1.29, 1.82) is 0 Å². The highest BCUT2D eigenvalue weighted by molar-refractivity contribution is 9.11. The Balaban J connectivity index is 2.25. The van der Waals surface area contributed by atoms with Crippen LogP contribution in [0, 0.1) is 0 Å². The lowest BCUT2D eigenvalue weighted by atomic mass is 10.1. The molecule has 156 valence electrons. The van der Waals surface area contributed by atoms with Crippen molar-refractivity contribution in [3.8, 4) is 17.2 Å². The van der Waals surface area contributed by atoms with E-state index in [-0.39, 0.29) is 29.8 Å². The summed E-state index contributed by atoms with van der Waals surface area (Å²) >= 11 is 6.73. The van der Waals surface area contributed by atoms with Crippen molar-refractivity contribution in [2.24, 2.45) is 0 Å². The molecular formula is C18H18Br2NO7P. The van der Waals surface area contributed by atoms with Crippen molar-refractivity contribution < 1.29 is 33.6 Å². The van der Waals surface area contributed by atoms with Gasteiger partial charge < -0.3 is 24.8 Å². The summed E-state index contributed by atoms with van der Waals surface area (Å²) in [5, 5.41) is 12.3. The lowest BCUT2D eigenvalue weighted by molar-refractivity contribution is -0.139. The zero-order valence-electron chi connectivity index (χ0n) is 15.4. The van der Waals surface area contributed by atoms with E-state index in [1.807, 2.05) is 0 Å². The third kappa shape index (κ3) is 6.85. The van der Waals surface area contributed by atoms with Gasteiger partial charge in [-0.05, 0) is 67.8 Å². The van der Waals surface area contributed by atoms with Gasteiger partial charge in [-0.25, -0.2) is 0 Å². The van der Waals surface area contributed by atoms with Gasteiger partial charge in [0.25, 0.3) is 5.91 Å². The number of ether oxygens (including phenoxy) is 2. The van der Waals surface area contributed by atoms with Crippen LogP contribution >= 0.6 is 39.2 Å². The first-order chi connectivity index (χ1) is 13.5. The molecule has 1 amide bonds. The molecule has 0 spiro atoms. The van der Waals surface area contributed by atoms with Crippen LogP contribution in [0.4, 0.5) is 0 Å². The Morgan fingerprint density at radius 2 is 1.79 bits per heavy atom. The molecule has 2 aromatic rings. The topological polar surface area (TPSA) is 122 Å². The predicted molar refractivity (Wildman–Crippen MR) is 114 cm³/mol. The van der Waals surface area contributed by atoms with Crippen LogP contribution in [0.3, 0.4) is 0 Å². The first-order valence-corrected chi connectivity index (χ1v) is 12.0. The first kappa shape index (κ1) is 23.4. The molecule has 0 aromatic heterocycles. The number of rotatable bonds is 7. The van der Waals surface area contributed by atoms with E-state index in [9.17, 15) is 24.2 Å². The van der Waals surface area contributed by atoms with E-state index in [0.717, 1.165) is 0 Å². The zero-order chi connectivity index (χ0) is 21.8. The average Bonchev–Trinajstić information content (AvgIpc) is 2.62. The number of methoxy groups -OCH3 is 1. The Morgan fingerprint density at radius 1 is 1.17 bits per heavy atom. The second kappa shape index (κ2) is 9.75. The Bertz CT molecular complexity index is 967. The fourth-order valence-electron chi connectivity index (χ4n) is 2.34. The third-order valence-electron chi connectivity index (χ3n) is 3.59. The number of nitrogens with one attached hydrogen (secondary N) is 1. The molecule has 0 fully saturated rings. The van der Waals surface area contributed by atoms with Crippen LogP contribution in [0.15, 0.2) is 39.3 Å². The van der Waals surface area contributed by atoms with Gasteiger partial charge in [0.1, 0.15) is 18.0 Å². The fraction of sp³-hybridized carbons (Fsp3) is 0.222. The van der Waals surface area contributed by atoms with Gasteiger partial charge in [-0.3, -0.25) is 14.2 Å². The molecule has 11 heteroatoms. The number of phenolic OH excluding ortho intramolecular Hbond substituents is 1. The number of carbonyl (C=O) groups is 2. The minimum Gasteiger partial charge on any atom is -0.507 e. The van der Waals surface area contributed by atoms with Gasteiger partial charge in [0.2, 0.25) is 7.37 Å². The van der Waals surface area contributed by atoms with Crippen molar-refractivity contribution in [3.05, 3.63) is 50.4 Å². The van der Waals surface area contributed by atoms with Gasteiger partial charge in [-0.2, -0.15) is 0 Å². The predicted octanol–water partition coefficient (Wildman–Crippen LogP) is 4.01. The number of carbonyl (C=O) groups excluding carboxylic acids is 2. The zero-order valence-corrected chi connectivity index (χ0v) is 19.5. The minimum atomic E-state index is -3.24. The Morgan fingerprint density at radius 3 is 2.34 bits per heavy atom. The normalized spacial score (nSPS) is 12.7. The molecule has 0 heterocycles. The molecule has 29 heavy (non-hydrogen) atoms. The summed E-state index contributed by atoms with van der Waals surface area (Å²) in [5.41, 5.74) is 0.556. The Labute approximate surface area is 183 Å². The van der Waals surface area contributed by atoms with Crippen molar-refractivity contribution in [2.45, 2.75) is 6.16 Å². The molecule has 0 saturated heterocycles. The first-order valence-electron chi connectivity index (χ1n) is 8.13. The largest absolute Gasteiger partial charge is 0.507 e. The molecule has 0 saturated carbocycles. The number of hydrogen-bond donors (Lipinski definition) is 3. The molecule has 0 aliphatic rings. The van der Waals surface area contributed by atoms with Crippen molar-refractivity contribution in [2.75, 3.05) is 20.3 Å². The van der Waals surface area contributed by atoms with Gasteiger partial charge in [0.05, 0.1) is 21.6 Å². The van der Waals surface area contributed by atoms with E-state index in [4.69, 9.17) is 4.74 Å². The molecule has 8 nitrogen and oxygen atoms in total.